The van der Waals surface area contributed by atoms with Gasteiger partial charge in [-0.25, -0.2) is 9.97 Å². The molecule has 6 nitrogen and oxygen atoms in total. The van der Waals surface area contributed by atoms with Gasteiger partial charge in [-0.15, -0.1) is 0 Å². The molecule has 0 saturated carbocycles. The van der Waals surface area contributed by atoms with Crippen LogP contribution in [0.1, 0.15) is 16.1 Å². The molecule has 3 rings (SSSR count). The predicted octanol–water partition coefficient (Wildman–Crippen LogP) is 2.37. The zero-order valence-corrected chi connectivity index (χ0v) is 11.8. The second-order valence-electron chi connectivity index (χ2n) is 4.76. The summed E-state index contributed by atoms with van der Waals surface area (Å²) in [7, 11) is 1.59. The van der Waals surface area contributed by atoms with Gasteiger partial charge in [0.1, 0.15) is 5.69 Å². The standard InChI is InChI=1S/C15H15N5O/c1-9-3-4-12-10(5-9)7-18-15(20-12)19-11-6-13(17-8-11)14(21)16-2/h3-8,17H,1-2H3,(H,16,21)(H,18,19,20). The van der Waals surface area contributed by atoms with Gasteiger partial charge in [-0.2, -0.15) is 0 Å². The highest BCUT2D eigenvalue weighted by atomic mass is 16.1. The highest BCUT2D eigenvalue weighted by Crippen LogP contribution is 2.18. The van der Waals surface area contributed by atoms with E-state index >= 15 is 0 Å². The monoisotopic (exact) mass is 281 g/mol. The number of rotatable bonds is 3. The topological polar surface area (TPSA) is 82.7 Å². The van der Waals surface area contributed by atoms with Crippen molar-refractivity contribution >= 4 is 28.4 Å². The van der Waals surface area contributed by atoms with Crippen LogP contribution in [0, 0.1) is 6.92 Å². The molecule has 0 saturated heterocycles. The van der Waals surface area contributed by atoms with Crippen LogP contribution in [0.4, 0.5) is 11.6 Å². The van der Waals surface area contributed by atoms with Crippen molar-refractivity contribution in [3.05, 3.63) is 47.9 Å². The summed E-state index contributed by atoms with van der Waals surface area (Å²) in [4.78, 5) is 23.1. The first-order chi connectivity index (χ1) is 10.2. The number of aromatic amines is 1. The molecule has 0 aliphatic rings. The van der Waals surface area contributed by atoms with Crippen molar-refractivity contribution in [2.45, 2.75) is 6.92 Å². The van der Waals surface area contributed by atoms with Crippen LogP contribution in [0.25, 0.3) is 10.9 Å². The zero-order valence-electron chi connectivity index (χ0n) is 11.8. The van der Waals surface area contributed by atoms with E-state index in [-0.39, 0.29) is 5.91 Å². The molecule has 0 unspecified atom stereocenters. The summed E-state index contributed by atoms with van der Waals surface area (Å²) >= 11 is 0. The second kappa shape index (κ2) is 5.24. The van der Waals surface area contributed by atoms with Crippen LogP contribution in [0.3, 0.4) is 0 Å². The summed E-state index contributed by atoms with van der Waals surface area (Å²) in [5, 5.41) is 6.64. The Morgan fingerprint density at radius 2 is 2.14 bits per heavy atom. The van der Waals surface area contributed by atoms with Gasteiger partial charge in [0.2, 0.25) is 5.95 Å². The van der Waals surface area contributed by atoms with Gasteiger partial charge in [0.05, 0.1) is 11.2 Å². The first-order valence-electron chi connectivity index (χ1n) is 6.56. The molecule has 106 valence electrons. The molecule has 0 spiro atoms. The number of amides is 1. The lowest BCUT2D eigenvalue weighted by Crippen LogP contribution is -2.17. The molecule has 0 aliphatic heterocycles. The minimum absolute atomic E-state index is 0.169. The van der Waals surface area contributed by atoms with E-state index in [1.165, 1.54) is 5.56 Å². The van der Waals surface area contributed by atoms with Crippen LogP contribution in [0.15, 0.2) is 36.7 Å². The van der Waals surface area contributed by atoms with Gasteiger partial charge in [0.25, 0.3) is 5.91 Å². The number of nitrogens with one attached hydrogen (secondary N) is 3. The van der Waals surface area contributed by atoms with E-state index < -0.39 is 0 Å². The number of benzene rings is 1. The Hall–Kier alpha value is -2.89. The van der Waals surface area contributed by atoms with Crippen molar-refractivity contribution < 1.29 is 4.79 Å². The zero-order chi connectivity index (χ0) is 14.8. The molecule has 0 fully saturated rings. The Bertz CT molecular complexity index is 809. The van der Waals surface area contributed by atoms with Crippen LogP contribution in [0.2, 0.25) is 0 Å². The molecular formula is C15H15N5O. The van der Waals surface area contributed by atoms with Gasteiger partial charge >= 0.3 is 0 Å². The van der Waals surface area contributed by atoms with E-state index in [9.17, 15) is 4.79 Å². The fourth-order valence-corrected chi connectivity index (χ4v) is 2.07. The van der Waals surface area contributed by atoms with E-state index in [0.29, 0.717) is 11.6 Å². The number of fused-ring (bicyclic) bond motifs is 1. The average Bonchev–Trinajstić information content (AvgIpc) is 2.95. The van der Waals surface area contributed by atoms with Crippen LogP contribution >= 0.6 is 0 Å². The molecule has 2 heterocycles. The Morgan fingerprint density at radius 1 is 1.29 bits per heavy atom. The normalized spacial score (nSPS) is 10.6. The molecule has 0 radical (unpaired) electrons. The number of aryl methyl sites for hydroxylation is 1. The van der Waals surface area contributed by atoms with Gasteiger partial charge in [-0.05, 0) is 25.1 Å². The van der Waals surface area contributed by atoms with E-state index in [1.807, 2.05) is 25.1 Å². The van der Waals surface area contributed by atoms with E-state index in [0.717, 1.165) is 16.6 Å². The van der Waals surface area contributed by atoms with Gasteiger partial charge < -0.3 is 15.6 Å². The Labute approximate surface area is 121 Å². The molecule has 1 aromatic carbocycles. The maximum absolute atomic E-state index is 11.5. The van der Waals surface area contributed by atoms with Crippen molar-refractivity contribution in [2.24, 2.45) is 0 Å². The number of aromatic nitrogens is 3. The summed E-state index contributed by atoms with van der Waals surface area (Å²) in [6.07, 6.45) is 3.48. The lowest BCUT2D eigenvalue weighted by Gasteiger charge is -2.04. The maximum atomic E-state index is 11.5. The highest BCUT2D eigenvalue weighted by molar-refractivity contribution is 5.93. The summed E-state index contributed by atoms with van der Waals surface area (Å²) in [6, 6.07) is 7.73. The van der Waals surface area contributed by atoms with Crippen molar-refractivity contribution in [3.8, 4) is 0 Å². The summed E-state index contributed by atoms with van der Waals surface area (Å²) in [5.74, 6) is 0.326. The number of hydrogen-bond acceptors (Lipinski definition) is 4. The number of H-pyrrole nitrogens is 1. The predicted molar refractivity (Wildman–Crippen MR) is 81.7 cm³/mol. The molecule has 2 aromatic heterocycles. The fraction of sp³-hybridized carbons (Fsp3) is 0.133. The Morgan fingerprint density at radius 3 is 2.95 bits per heavy atom. The third kappa shape index (κ3) is 2.69. The number of carbonyl (C=O) groups is 1. The molecular weight excluding hydrogens is 266 g/mol. The quantitative estimate of drug-likeness (QED) is 0.688. The third-order valence-corrected chi connectivity index (χ3v) is 3.15. The molecule has 0 atom stereocenters. The van der Waals surface area contributed by atoms with E-state index in [2.05, 4.69) is 25.6 Å². The maximum Gasteiger partial charge on any atom is 0.267 e. The summed E-state index contributed by atoms with van der Waals surface area (Å²) in [5.41, 5.74) is 3.27. The van der Waals surface area contributed by atoms with Crippen molar-refractivity contribution in [2.75, 3.05) is 12.4 Å². The Balaban J connectivity index is 1.86. The van der Waals surface area contributed by atoms with Gasteiger partial charge in [0, 0.05) is 24.8 Å². The highest BCUT2D eigenvalue weighted by Gasteiger charge is 2.07. The molecule has 1 amide bonds. The van der Waals surface area contributed by atoms with Crippen molar-refractivity contribution in [3.63, 3.8) is 0 Å². The van der Waals surface area contributed by atoms with Crippen LogP contribution in [-0.4, -0.2) is 27.9 Å². The number of carbonyl (C=O) groups excluding carboxylic acids is 1. The van der Waals surface area contributed by atoms with Crippen LogP contribution in [0.5, 0.6) is 0 Å². The van der Waals surface area contributed by atoms with Gasteiger partial charge in [-0.1, -0.05) is 11.6 Å². The largest absolute Gasteiger partial charge is 0.355 e. The molecule has 0 bridgehead atoms. The molecule has 21 heavy (non-hydrogen) atoms. The molecule has 0 aliphatic carbocycles. The summed E-state index contributed by atoms with van der Waals surface area (Å²) < 4.78 is 0. The molecule has 6 heteroatoms. The minimum atomic E-state index is -0.169. The smallest absolute Gasteiger partial charge is 0.267 e. The van der Waals surface area contributed by atoms with Gasteiger partial charge in [-0.3, -0.25) is 4.79 Å². The lowest BCUT2D eigenvalue weighted by atomic mass is 10.2. The molecule has 3 N–H and O–H groups in total. The second-order valence-corrected chi connectivity index (χ2v) is 4.76. The van der Waals surface area contributed by atoms with Crippen molar-refractivity contribution in [1.82, 2.24) is 20.3 Å². The first-order valence-corrected chi connectivity index (χ1v) is 6.56. The van der Waals surface area contributed by atoms with Crippen LogP contribution in [-0.2, 0) is 0 Å². The average molecular weight is 281 g/mol. The van der Waals surface area contributed by atoms with E-state index in [4.69, 9.17) is 0 Å². The Kier molecular flexibility index (Phi) is 3.27. The molecule has 3 aromatic rings. The van der Waals surface area contributed by atoms with Gasteiger partial charge in [0.15, 0.2) is 0 Å². The summed E-state index contributed by atoms with van der Waals surface area (Å²) in [6.45, 7) is 2.03. The number of anilines is 2. The fourth-order valence-electron chi connectivity index (χ4n) is 2.07. The minimum Gasteiger partial charge on any atom is -0.355 e. The first kappa shape index (κ1) is 13.1. The SMILES string of the molecule is CNC(=O)c1cc(Nc2ncc3cc(C)ccc3n2)c[nH]1. The number of nitrogens with zero attached hydrogens (tertiary/aromatic N) is 2. The third-order valence-electron chi connectivity index (χ3n) is 3.15. The van der Waals surface area contributed by atoms with Crippen molar-refractivity contribution in [1.29, 1.82) is 0 Å². The van der Waals surface area contributed by atoms with Crippen LogP contribution < -0.4 is 10.6 Å². The van der Waals surface area contributed by atoms with E-state index in [1.54, 1.807) is 25.5 Å². The number of hydrogen-bond donors (Lipinski definition) is 3. The lowest BCUT2D eigenvalue weighted by molar-refractivity contribution is 0.0959.